The third kappa shape index (κ3) is 2.21. The zero-order valence-electron chi connectivity index (χ0n) is 8.54. The Balaban J connectivity index is 2.45. The highest BCUT2D eigenvalue weighted by molar-refractivity contribution is 9.11. The van der Waals surface area contributed by atoms with Crippen molar-refractivity contribution in [1.29, 1.82) is 0 Å². The first kappa shape index (κ1) is 10.6. The largest absolute Gasteiger partial charge is 0.388 e. The molecule has 2 rings (SSSR count). The number of aromatic nitrogens is 1. The molecule has 0 radical (unpaired) electrons. The van der Waals surface area contributed by atoms with E-state index in [9.17, 15) is 0 Å². The van der Waals surface area contributed by atoms with Crippen molar-refractivity contribution in [3.8, 4) is 10.6 Å². The quantitative estimate of drug-likeness (QED) is 0.903. The van der Waals surface area contributed by atoms with E-state index in [0.717, 1.165) is 14.5 Å². The molecule has 0 aliphatic heterocycles. The van der Waals surface area contributed by atoms with Crippen molar-refractivity contribution in [2.24, 2.45) is 0 Å². The summed E-state index contributed by atoms with van der Waals surface area (Å²) >= 11 is 5.08. The number of nitrogens with one attached hydrogen (secondary N) is 1. The second-order valence-electron chi connectivity index (χ2n) is 3.25. The van der Waals surface area contributed by atoms with Crippen LogP contribution in [0, 0.1) is 6.92 Å². The second-order valence-corrected chi connectivity index (χ2v) is 5.66. The predicted octanol–water partition coefficient (Wildman–Crippen LogP) is 3.92. The number of rotatable bonds is 2. The van der Waals surface area contributed by atoms with E-state index in [-0.39, 0.29) is 0 Å². The third-order valence-corrected chi connectivity index (χ3v) is 3.73. The Labute approximate surface area is 101 Å². The average Bonchev–Trinajstić information content (AvgIpc) is 2.64. The Morgan fingerprint density at radius 1 is 1.40 bits per heavy atom. The standard InChI is InChI=1S/C11H11BrN2S/c1-7-5-8(13-2)3-4-9(7)11-14-6-10(12)15-11/h3-6,13H,1-2H3. The van der Waals surface area contributed by atoms with E-state index in [1.54, 1.807) is 11.3 Å². The molecule has 0 atom stereocenters. The molecule has 78 valence electrons. The van der Waals surface area contributed by atoms with Crippen LogP contribution in [-0.4, -0.2) is 12.0 Å². The lowest BCUT2D eigenvalue weighted by Gasteiger charge is -2.05. The summed E-state index contributed by atoms with van der Waals surface area (Å²) in [6.45, 7) is 2.10. The van der Waals surface area contributed by atoms with Crippen LogP contribution in [-0.2, 0) is 0 Å². The highest BCUT2D eigenvalue weighted by atomic mass is 79.9. The molecule has 1 aromatic carbocycles. The molecule has 1 N–H and O–H groups in total. The number of benzene rings is 1. The summed E-state index contributed by atoms with van der Waals surface area (Å²) in [4.78, 5) is 4.35. The zero-order valence-corrected chi connectivity index (χ0v) is 10.9. The highest BCUT2D eigenvalue weighted by Crippen LogP contribution is 2.31. The van der Waals surface area contributed by atoms with Gasteiger partial charge in [0.1, 0.15) is 5.01 Å². The van der Waals surface area contributed by atoms with Gasteiger partial charge < -0.3 is 5.32 Å². The van der Waals surface area contributed by atoms with Gasteiger partial charge in [0.05, 0.1) is 9.98 Å². The summed E-state index contributed by atoms with van der Waals surface area (Å²) in [5.74, 6) is 0. The summed E-state index contributed by atoms with van der Waals surface area (Å²) in [6.07, 6.45) is 1.84. The Kier molecular flexibility index (Phi) is 3.07. The van der Waals surface area contributed by atoms with Crippen LogP contribution in [0.25, 0.3) is 10.6 Å². The Bertz CT molecular complexity index is 479. The maximum Gasteiger partial charge on any atom is 0.124 e. The first-order chi connectivity index (χ1) is 7.20. The highest BCUT2D eigenvalue weighted by Gasteiger charge is 2.06. The molecule has 4 heteroatoms. The molecule has 0 aliphatic carbocycles. The molecule has 15 heavy (non-hydrogen) atoms. The fourth-order valence-corrected chi connectivity index (χ4v) is 2.73. The molecule has 1 heterocycles. The molecule has 0 spiro atoms. The molecule has 2 aromatic rings. The van der Waals surface area contributed by atoms with Gasteiger partial charge in [0, 0.05) is 18.3 Å². The maximum absolute atomic E-state index is 4.35. The SMILES string of the molecule is CNc1ccc(-c2ncc(Br)s2)c(C)c1. The first-order valence-electron chi connectivity index (χ1n) is 4.61. The lowest BCUT2D eigenvalue weighted by molar-refractivity contribution is 1.37. The van der Waals surface area contributed by atoms with Gasteiger partial charge in [0.25, 0.3) is 0 Å². The Hall–Kier alpha value is -0.870. The van der Waals surface area contributed by atoms with Crippen LogP contribution in [0.15, 0.2) is 28.2 Å². The molecule has 1 aromatic heterocycles. The summed E-state index contributed by atoms with van der Waals surface area (Å²) < 4.78 is 1.06. The lowest BCUT2D eigenvalue weighted by Crippen LogP contribution is -1.89. The number of thiazole rings is 1. The topological polar surface area (TPSA) is 24.9 Å². The summed E-state index contributed by atoms with van der Waals surface area (Å²) in [5, 5.41) is 4.18. The maximum atomic E-state index is 4.35. The molecule has 0 saturated heterocycles. The van der Waals surface area contributed by atoms with Gasteiger partial charge in [-0.1, -0.05) is 0 Å². The van der Waals surface area contributed by atoms with E-state index in [4.69, 9.17) is 0 Å². The third-order valence-electron chi connectivity index (χ3n) is 2.22. The van der Waals surface area contributed by atoms with Gasteiger partial charge in [-0.05, 0) is 46.6 Å². The van der Waals surface area contributed by atoms with Crippen molar-refractivity contribution in [2.75, 3.05) is 12.4 Å². The van der Waals surface area contributed by atoms with Crippen LogP contribution < -0.4 is 5.32 Å². The van der Waals surface area contributed by atoms with Gasteiger partial charge in [-0.25, -0.2) is 4.98 Å². The van der Waals surface area contributed by atoms with E-state index in [1.807, 2.05) is 13.2 Å². The molecule has 0 fully saturated rings. The van der Waals surface area contributed by atoms with Crippen molar-refractivity contribution < 1.29 is 0 Å². The van der Waals surface area contributed by atoms with Crippen LogP contribution in [0.1, 0.15) is 5.56 Å². The normalized spacial score (nSPS) is 10.3. The predicted molar refractivity (Wildman–Crippen MR) is 69.5 cm³/mol. The Morgan fingerprint density at radius 3 is 2.73 bits per heavy atom. The summed E-state index contributed by atoms with van der Waals surface area (Å²) in [5.41, 5.74) is 3.57. The summed E-state index contributed by atoms with van der Waals surface area (Å²) in [7, 11) is 1.93. The van der Waals surface area contributed by atoms with Crippen molar-refractivity contribution >= 4 is 33.0 Å². The fourth-order valence-electron chi connectivity index (χ4n) is 1.44. The van der Waals surface area contributed by atoms with Gasteiger partial charge >= 0.3 is 0 Å². The number of halogens is 1. The number of hydrogen-bond donors (Lipinski definition) is 1. The van der Waals surface area contributed by atoms with Crippen LogP contribution in [0.3, 0.4) is 0 Å². The smallest absolute Gasteiger partial charge is 0.124 e. The molecular weight excluding hydrogens is 272 g/mol. The molecule has 0 amide bonds. The van der Waals surface area contributed by atoms with E-state index in [1.165, 1.54) is 11.1 Å². The minimum Gasteiger partial charge on any atom is -0.388 e. The number of nitrogens with zero attached hydrogens (tertiary/aromatic N) is 1. The Morgan fingerprint density at radius 2 is 2.20 bits per heavy atom. The average molecular weight is 283 g/mol. The van der Waals surface area contributed by atoms with E-state index < -0.39 is 0 Å². The number of anilines is 1. The molecule has 0 bridgehead atoms. The van der Waals surface area contributed by atoms with Gasteiger partial charge in [-0.2, -0.15) is 0 Å². The van der Waals surface area contributed by atoms with Gasteiger partial charge in [-0.15, -0.1) is 11.3 Å². The van der Waals surface area contributed by atoms with Crippen molar-refractivity contribution in [3.05, 3.63) is 33.7 Å². The van der Waals surface area contributed by atoms with Gasteiger partial charge in [-0.3, -0.25) is 0 Å². The van der Waals surface area contributed by atoms with Crippen molar-refractivity contribution in [2.45, 2.75) is 6.92 Å². The van der Waals surface area contributed by atoms with Crippen LogP contribution in [0.5, 0.6) is 0 Å². The van der Waals surface area contributed by atoms with E-state index in [0.29, 0.717) is 0 Å². The molecule has 0 aliphatic rings. The summed E-state index contributed by atoms with van der Waals surface area (Å²) in [6, 6.07) is 6.30. The fraction of sp³-hybridized carbons (Fsp3) is 0.182. The van der Waals surface area contributed by atoms with Crippen molar-refractivity contribution in [3.63, 3.8) is 0 Å². The first-order valence-corrected chi connectivity index (χ1v) is 6.22. The molecular formula is C11H11BrN2S. The van der Waals surface area contributed by atoms with Gasteiger partial charge in [0.2, 0.25) is 0 Å². The van der Waals surface area contributed by atoms with Gasteiger partial charge in [0.15, 0.2) is 0 Å². The van der Waals surface area contributed by atoms with Crippen LogP contribution in [0.4, 0.5) is 5.69 Å². The van der Waals surface area contributed by atoms with Crippen LogP contribution >= 0.6 is 27.3 Å². The zero-order chi connectivity index (χ0) is 10.8. The van der Waals surface area contributed by atoms with E-state index >= 15 is 0 Å². The molecule has 0 saturated carbocycles. The van der Waals surface area contributed by atoms with Crippen LogP contribution in [0.2, 0.25) is 0 Å². The molecule has 0 unspecified atom stereocenters. The number of aryl methyl sites for hydroxylation is 1. The second kappa shape index (κ2) is 4.33. The number of hydrogen-bond acceptors (Lipinski definition) is 3. The molecule has 2 nitrogen and oxygen atoms in total. The minimum absolute atomic E-state index is 1.06. The minimum atomic E-state index is 1.06. The lowest BCUT2D eigenvalue weighted by atomic mass is 10.1. The van der Waals surface area contributed by atoms with Crippen molar-refractivity contribution in [1.82, 2.24) is 4.98 Å². The monoisotopic (exact) mass is 282 g/mol. The van der Waals surface area contributed by atoms with E-state index in [2.05, 4.69) is 51.4 Å².